The Balaban J connectivity index is 0.000000640. The summed E-state index contributed by atoms with van der Waals surface area (Å²) in [5.41, 5.74) is 2.25. The summed E-state index contributed by atoms with van der Waals surface area (Å²) < 4.78 is 2.07. The lowest BCUT2D eigenvalue weighted by Gasteiger charge is -2.20. The lowest BCUT2D eigenvalue weighted by atomic mass is 9.92. The zero-order valence-electron chi connectivity index (χ0n) is 14.7. The van der Waals surface area contributed by atoms with Crippen LogP contribution in [0.25, 0.3) is 0 Å². The van der Waals surface area contributed by atoms with Crippen molar-refractivity contribution in [2.75, 3.05) is 0 Å². The van der Waals surface area contributed by atoms with Crippen molar-refractivity contribution in [1.29, 1.82) is 0 Å². The Morgan fingerprint density at radius 3 is 2.46 bits per heavy atom. The molecule has 1 aromatic heterocycles. The number of benzene rings is 2. The first-order valence-electron chi connectivity index (χ1n) is 8.34. The molecule has 9 heteroatoms. The molecule has 28 heavy (non-hydrogen) atoms. The maximum Gasteiger partial charge on any atom is 0.291 e. The van der Waals surface area contributed by atoms with E-state index in [2.05, 4.69) is 15.6 Å². The maximum atomic E-state index is 8.36. The fourth-order valence-electron chi connectivity index (χ4n) is 2.86. The van der Waals surface area contributed by atoms with Crippen LogP contribution in [0.15, 0.2) is 61.2 Å². The molecule has 0 radical (unpaired) electrons. The highest BCUT2D eigenvalue weighted by atomic mass is 35.5. The normalized spacial score (nSPS) is 11.4. The molecule has 1 heterocycles. The lowest BCUT2D eigenvalue weighted by molar-refractivity contribution is -0.742. The van der Waals surface area contributed by atoms with E-state index in [9.17, 15) is 0 Å². The van der Waals surface area contributed by atoms with Crippen LogP contribution < -0.4 is 0 Å². The van der Waals surface area contributed by atoms with Gasteiger partial charge in [-0.3, -0.25) is 0 Å². The predicted molar refractivity (Wildman–Crippen MR) is 110 cm³/mol. The lowest BCUT2D eigenvalue weighted by Crippen LogP contribution is -2.10. The van der Waals surface area contributed by atoms with Crippen LogP contribution in [-0.4, -0.2) is 19.8 Å². The minimum absolute atomic E-state index is 0.250. The van der Waals surface area contributed by atoms with Crippen LogP contribution in [0.5, 0.6) is 0 Å². The fraction of sp³-hybridized carbons (Fsp3) is 0.211. The standard InChI is InChI=1S/C19H17Cl3N2.HNO3/c20-16-7-8-17(19(22)11-16)15(12-24-10-9-23-13-24)6-5-14-3-1-2-4-18(14)21;2-1(3)4/h1-4,7-11,13,15H,5-6,12H2;(H,2,3,4). The van der Waals surface area contributed by atoms with Gasteiger partial charge in [-0.1, -0.05) is 59.1 Å². The average molecular weight is 443 g/mol. The molecule has 3 aromatic rings. The number of aryl methyl sites for hydroxylation is 1. The van der Waals surface area contributed by atoms with Crippen LogP contribution in [0, 0.1) is 10.1 Å². The number of hydrogen-bond acceptors (Lipinski definition) is 3. The monoisotopic (exact) mass is 441 g/mol. The van der Waals surface area contributed by atoms with E-state index >= 15 is 0 Å². The molecular weight excluding hydrogens is 425 g/mol. The molecule has 148 valence electrons. The molecule has 0 spiro atoms. The summed E-state index contributed by atoms with van der Waals surface area (Å²) in [4.78, 5) is 12.5. The van der Waals surface area contributed by atoms with E-state index in [1.54, 1.807) is 12.3 Å². The molecule has 1 atom stereocenters. The van der Waals surface area contributed by atoms with Crippen molar-refractivity contribution in [2.24, 2.45) is 0 Å². The molecule has 0 aliphatic carbocycles. The van der Waals surface area contributed by atoms with E-state index in [-0.39, 0.29) is 5.92 Å². The number of imidazole rings is 1. The molecule has 0 saturated carbocycles. The summed E-state index contributed by atoms with van der Waals surface area (Å²) in [6.45, 7) is 0.811. The molecule has 3 rings (SSSR count). The van der Waals surface area contributed by atoms with Crippen molar-refractivity contribution in [2.45, 2.75) is 25.3 Å². The van der Waals surface area contributed by atoms with Crippen molar-refractivity contribution < 1.29 is 10.3 Å². The number of nitrogens with zero attached hydrogens (tertiary/aromatic N) is 3. The molecule has 0 aliphatic heterocycles. The van der Waals surface area contributed by atoms with Gasteiger partial charge >= 0.3 is 0 Å². The Morgan fingerprint density at radius 2 is 1.86 bits per heavy atom. The van der Waals surface area contributed by atoms with E-state index in [1.165, 1.54) is 0 Å². The van der Waals surface area contributed by atoms with Gasteiger partial charge in [-0.15, -0.1) is 10.1 Å². The van der Waals surface area contributed by atoms with Crippen LogP contribution in [0.1, 0.15) is 23.5 Å². The topological polar surface area (TPSA) is 81.2 Å². The first-order chi connectivity index (χ1) is 13.4. The van der Waals surface area contributed by atoms with Gasteiger partial charge in [0, 0.05) is 39.9 Å². The van der Waals surface area contributed by atoms with Crippen LogP contribution in [0.4, 0.5) is 0 Å². The summed E-state index contributed by atoms with van der Waals surface area (Å²) in [5, 5.41) is 15.8. The highest BCUT2D eigenvalue weighted by Gasteiger charge is 2.16. The summed E-state index contributed by atoms with van der Waals surface area (Å²) >= 11 is 18.8. The van der Waals surface area contributed by atoms with Gasteiger partial charge in [-0.2, -0.15) is 0 Å². The smallest absolute Gasteiger partial charge is 0.291 e. The van der Waals surface area contributed by atoms with E-state index in [1.807, 2.05) is 42.9 Å². The Morgan fingerprint density at radius 1 is 1.14 bits per heavy atom. The van der Waals surface area contributed by atoms with Gasteiger partial charge in [0.25, 0.3) is 5.09 Å². The third kappa shape index (κ3) is 7.03. The van der Waals surface area contributed by atoms with Gasteiger partial charge in [-0.25, -0.2) is 4.98 Å². The SMILES string of the molecule is Clc1ccc(C(CCc2ccccc2Cl)Cn2ccnc2)c(Cl)c1.O=[N+]([O-])O. The maximum absolute atomic E-state index is 8.36. The van der Waals surface area contributed by atoms with E-state index < -0.39 is 5.09 Å². The molecule has 0 saturated heterocycles. The van der Waals surface area contributed by atoms with Crippen LogP contribution in [-0.2, 0) is 13.0 Å². The molecule has 1 N–H and O–H groups in total. The van der Waals surface area contributed by atoms with E-state index in [0.717, 1.165) is 35.5 Å². The number of halogens is 3. The highest BCUT2D eigenvalue weighted by Crippen LogP contribution is 2.32. The van der Waals surface area contributed by atoms with Crippen molar-refractivity contribution in [3.8, 4) is 0 Å². The molecular formula is C19H18Cl3N3O3. The van der Waals surface area contributed by atoms with Gasteiger partial charge in [0.05, 0.1) is 6.33 Å². The average Bonchev–Trinajstić information content (AvgIpc) is 3.13. The van der Waals surface area contributed by atoms with E-state index in [0.29, 0.717) is 10.0 Å². The Hall–Kier alpha value is -2.28. The summed E-state index contributed by atoms with van der Waals surface area (Å²) in [7, 11) is 0. The van der Waals surface area contributed by atoms with Crippen LogP contribution in [0.2, 0.25) is 15.1 Å². The Kier molecular flexibility index (Phi) is 8.57. The molecule has 0 fully saturated rings. The molecule has 0 amide bonds. The first kappa shape index (κ1) is 22.0. The van der Waals surface area contributed by atoms with Gasteiger partial charge < -0.3 is 9.77 Å². The van der Waals surface area contributed by atoms with Crippen molar-refractivity contribution in [1.82, 2.24) is 9.55 Å². The van der Waals surface area contributed by atoms with Gasteiger partial charge in [0.15, 0.2) is 0 Å². The molecule has 6 nitrogen and oxygen atoms in total. The number of hydrogen-bond donors (Lipinski definition) is 1. The predicted octanol–water partition coefficient (Wildman–Crippen LogP) is 5.91. The second-order valence-electron chi connectivity index (χ2n) is 5.99. The van der Waals surface area contributed by atoms with Gasteiger partial charge in [0.2, 0.25) is 0 Å². The summed E-state index contributed by atoms with van der Waals surface area (Å²) in [6, 6.07) is 13.7. The quantitative estimate of drug-likeness (QED) is 0.380. The molecule has 1 unspecified atom stereocenters. The fourth-order valence-corrected chi connectivity index (χ4v) is 3.65. The minimum atomic E-state index is -1.50. The molecule has 0 bridgehead atoms. The summed E-state index contributed by atoms with van der Waals surface area (Å²) in [6.07, 6.45) is 7.40. The zero-order valence-corrected chi connectivity index (χ0v) is 17.0. The van der Waals surface area contributed by atoms with Gasteiger partial charge in [0.1, 0.15) is 0 Å². The second kappa shape index (κ2) is 10.9. The summed E-state index contributed by atoms with van der Waals surface area (Å²) in [5.74, 6) is 0.250. The molecule has 0 aliphatic rings. The van der Waals surface area contributed by atoms with Crippen LogP contribution in [0.3, 0.4) is 0 Å². The second-order valence-corrected chi connectivity index (χ2v) is 7.24. The van der Waals surface area contributed by atoms with Crippen LogP contribution >= 0.6 is 34.8 Å². The van der Waals surface area contributed by atoms with Gasteiger partial charge in [-0.05, 0) is 42.2 Å². The minimum Gasteiger partial charge on any atom is -0.337 e. The third-order valence-corrected chi connectivity index (χ3v) is 5.04. The largest absolute Gasteiger partial charge is 0.337 e. The van der Waals surface area contributed by atoms with Crippen molar-refractivity contribution in [3.05, 3.63) is 97.5 Å². The molecule has 2 aromatic carbocycles. The zero-order chi connectivity index (χ0) is 20.5. The van der Waals surface area contributed by atoms with Crippen molar-refractivity contribution >= 4 is 34.8 Å². The van der Waals surface area contributed by atoms with Crippen molar-refractivity contribution in [3.63, 3.8) is 0 Å². The number of aromatic nitrogens is 2. The first-order valence-corrected chi connectivity index (χ1v) is 9.47. The third-order valence-electron chi connectivity index (χ3n) is 4.11. The number of rotatable bonds is 6. The Bertz CT molecular complexity index is 900. The Labute approximate surface area is 177 Å². The highest BCUT2D eigenvalue weighted by molar-refractivity contribution is 6.35. The van der Waals surface area contributed by atoms with E-state index in [4.69, 9.17) is 50.1 Å².